The molecule has 1 aromatic carbocycles. The van der Waals surface area contributed by atoms with Gasteiger partial charge in [0.15, 0.2) is 19.7 Å². The van der Waals surface area contributed by atoms with Crippen LogP contribution in [0.2, 0.25) is 0 Å². The zero-order chi connectivity index (χ0) is 18.1. The van der Waals surface area contributed by atoms with Crippen LogP contribution in [0.3, 0.4) is 0 Å². The summed E-state index contributed by atoms with van der Waals surface area (Å²) in [6, 6.07) is 5.91. The van der Waals surface area contributed by atoms with E-state index in [-0.39, 0.29) is 28.7 Å². The van der Waals surface area contributed by atoms with E-state index >= 15 is 0 Å². The maximum atomic E-state index is 12.6. The molecule has 1 aromatic rings. The zero-order valence-electron chi connectivity index (χ0n) is 14.1. The SMILES string of the molecule is O=C(c1ccc(S(=O)(=O)[C@H]2CCS(=O)(=O)C2)cc1)N1CCCCCC1. The van der Waals surface area contributed by atoms with Gasteiger partial charge in [-0.2, -0.15) is 0 Å². The van der Waals surface area contributed by atoms with Gasteiger partial charge in [0, 0.05) is 18.7 Å². The smallest absolute Gasteiger partial charge is 0.253 e. The predicted octanol–water partition coefficient (Wildman–Crippen LogP) is 1.66. The van der Waals surface area contributed by atoms with E-state index in [4.69, 9.17) is 0 Å². The first-order valence-electron chi connectivity index (χ1n) is 8.63. The summed E-state index contributed by atoms with van der Waals surface area (Å²) < 4.78 is 48.3. The zero-order valence-corrected chi connectivity index (χ0v) is 15.7. The van der Waals surface area contributed by atoms with E-state index < -0.39 is 24.9 Å². The Morgan fingerprint density at radius 2 is 1.60 bits per heavy atom. The first-order chi connectivity index (χ1) is 11.8. The molecule has 25 heavy (non-hydrogen) atoms. The van der Waals surface area contributed by atoms with Crippen LogP contribution < -0.4 is 0 Å². The minimum absolute atomic E-state index is 0.0747. The minimum atomic E-state index is -3.69. The first-order valence-corrected chi connectivity index (χ1v) is 12.0. The lowest BCUT2D eigenvalue weighted by Crippen LogP contribution is -2.31. The van der Waals surface area contributed by atoms with Crippen LogP contribution in [0.5, 0.6) is 0 Å². The summed E-state index contributed by atoms with van der Waals surface area (Å²) in [7, 11) is -6.95. The highest BCUT2D eigenvalue weighted by Crippen LogP contribution is 2.26. The monoisotopic (exact) mass is 385 g/mol. The van der Waals surface area contributed by atoms with Gasteiger partial charge in [-0.15, -0.1) is 0 Å². The number of likely N-dealkylation sites (tertiary alicyclic amines) is 1. The van der Waals surface area contributed by atoms with Gasteiger partial charge in [0.2, 0.25) is 0 Å². The first kappa shape index (κ1) is 18.4. The van der Waals surface area contributed by atoms with Crippen LogP contribution in [0.25, 0.3) is 0 Å². The summed E-state index contributed by atoms with van der Waals surface area (Å²) in [6.45, 7) is 1.47. The number of carbonyl (C=O) groups is 1. The summed E-state index contributed by atoms with van der Waals surface area (Å²) in [4.78, 5) is 14.5. The van der Waals surface area contributed by atoms with Gasteiger partial charge in [-0.05, 0) is 43.5 Å². The highest BCUT2D eigenvalue weighted by molar-refractivity contribution is 7.96. The molecule has 1 amide bonds. The molecule has 6 nitrogen and oxygen atoms in total. The van der Waals surface area contributed by atoms with E-state index in [9.17, 15) is 21.6 Å². The van der Waals surface area contributed by atoms with Crippen molar-refractivity contribution in [2.45, 2.75) is 42.2 Å². The van der Waals surface area contributed by atoms with Crippen molar-refractivity contribution in [2.75, 3.05) is 24.6 Å². The number of amides is 1. The molecule has 0 N–H and O–H groups in total. The van der Waals surface area contributed by atoms with Gasteiger partial charge in [-0.25, -0.2) is 16.8 Å². The number of sulfone groups is 2. The van der Waals surface area contributed by atoms with Crippen molar-refractivity contribution < 1.29 is 21.6 Å². The van der Waals surface area contributed by atoms with Crippen LogP contribution in [0.4, 0.5) is 0 Å². The van der Waals surface area contributed by atoms with Gasteiger partial charge in [0.1, 0.15) is 0 Å². The lowest BCUT2D eigenvalue weighted by molar-refractivity contribution is 0.0761. The molecule has 2 heterocycles. The van der Waals surface area contributed by atoms with Crippen molar-refractivity contribution >= 4 is 25.6 Å². The molecular weight excluding hydrogens is 362 g/mol. The molecule has 1 atom stereocenters. The average molecular weight is 386 g/mol. The normalized spacial score (nSPS) is 24.0. The third kappa shape index (κ3) is 4.06. The standard InChI is InChI=1S/C17H23NO5S2/c19-17(18-10-3-1-2-4-11-18)14-5-7-15(8-6-14)25(22,23)16-9-12-24(20,21)13-16/h5-8,16H,1-4,9-13H2/t16-/m0/s1. The maximum Gasteiger partial charge on any atom is 0.253 e. The van der Waals surface area contributed by atoms with E-state index in [1.807, 2.05) is 4.90 Å². The molecule has 0 saturated carbocycles. The molecule has 0 spiro atoms. The summed E-state index contributed by atoms with van der Waals surface area (Å²) in [6.07, 6.45) is 4.39. The molecule has 8 heteroatoms. The number of hydrogen-bond donors (Lipinski definition) is 0. The lowest BCUT2D eigenvalue weighted by atomic mass is 10.2. The summed E-state index contributed by atoms with van der Waals surface area (Å²) in [5.74, 6) is -0.471. The number of carbonyl (C=O) groups excluding carboxylic acids is 1. The Bertz CT molecular complexity index is 836. The molecule has 2 aliphatic rings. The van der Waals surface area contributed by atoms with E-state index in [1.165, 1.54) is 24.3 Å². The number of rotatable bonds is 3. The van der Waals surface area contributed by atoms with Crippen LogP contribution >= 0.6 is 0 Å². The quantitative estimate of drug-likeness (QED) is 0.790. The fourth-order valence-electron chi connectivity index (χ4n) is 3.44. The fraction of sp³-hybridized carbons (Fsp3) is 0.588. The Balaban J connectivity index is 1.76. The average Bonchev–Trinajstić information content (AvgIpc) is 2.79. The Morgan fingerprint density at radius 1 is 1.00 bits per heavy atom. The molecular formula is C17H23NO5S2. The molecule has 3 rings (SSSR count). The molecule has 0 radical (unpaired) electrons. The minimum Gasteiger partial charge on any atom is -0.339 e. The van der Waals surface area contributed by atoms with Crippen molar-refractivity contribution in [1.82, 2.24) is 4.90 Å². The largest absolute Gasteiger partial charge is 0.339 e. The van der Waals surface area contributed by atoms with Gasteiger partial charge in [-0.3, -0.25) is 4.79 Å². The molecule has 0 bridgehead atoms. The van der Waals surface area contributed by atoms with Crippen molar-refractivity contribution in [3.8, 4) is 0 Å². The Hall–Kier alpha value is -1.41. The van der Waals surface area contributed by atoms with Crippen LogP contribution in [0, 0.1) is 0 Å². The molecule has 2 saturated heterocycles. The molecule has 2 aliphatic heterocycles. The molecule has 0 aliphatic carbocycles. The third-order valence-electron chi connectivity index (χ3n) is 4.95. The van der Waals surface area contributed by atoms with Gasteiger partial charge >= 0.3 is 0 Å². The summed E-state index contributed by atoms with van der Waals surface area (Å²) >= 11 is 0. The second-order valence-corrected chi connectivity index (χ2v) is 11.3. The van der Waals surface area contributed by atoms with Gasteiger partial charge in [0.05, 0.1) is 21.7 Å². The highest BCUT2D eigenvalue weighted by Gasteiger charge is 2.38. The molecule has 0 aromatic heterocycles. The number of hydrogen-bond acceptors (Lipinski definition) is 5. The van der Waals surface area contributed by atoms with Crippen molar-refractivity contribution in [1.29, 1.82) is 0 Å². The van der Waals surface area contributed by atoms with Gasteiger partial charge in [0.25, 0.3) is 5.91 Å². The topological polar surface area (TPSA) is 88.6 Å². The highest BCUT2D eigenvalue weighted by atomic mass is 32.2. The second kappa shape index (κ2) is 7.07. The Kier molecular flexibility index (Phi) is 5.20. The number of benzene rings is 1. The lowest BCUT2D eigenvalue weighted by Gasteiger charge is -2.20. The molecule has 0 unspecified atom stereocenters. The second-order valence-electron chi connectivity index (χ2n) is 6.80. The van der Waals surface area contributed by atoms with Crippen LogP contribution in [0.1, 0.15) is 42.5 Å². The fourth-order valence-corrected chi connectivity index (χ4v) is 7.80. The molecule has 2 fully saturated rings. The van der Waals surface area contributed by atoms with Crippen LogP contribution in [0.15, 0.2) is 29.2 Å². The third-order valence-corrected chi connectivity index (χ3v) is 9.14. The van der Waals surface area contributed by atoms with Gasteiger partial charge < -0.3 is 4.90 Å². The van der Waals surface area contributed by atoms with E-state index in [0.29, 0.717) is 5.56 Å². The van der Waals surface area contributed by atoms with Gasteiger partial charge in [-0.1, -0.05) is 12.8 Å². The Labute approximate surface area is 149 Å². The Morgan fingerprint density at radius 3 is 2.12 bits per heavy atom. The van der Waals surface area contributed by atoms with E-state index in [2.05, 4.69) is 0 Å². The summed E-state index contributed by atoms with van der Waals surface area (Å²) in [5.41, 5.74) is 0.472. The molecule has 138 valence electrons. The van der Waals surface area contributed by atoms with Crippen LogP contribution in [-0.2, 0) is 19.7 Å². The summed E-state index contributed by atoms with van der Waals surface area (Å²) in [5, 5.41) is -0.885. The van der Waals surface area contributed by atoms with Crippen molar-refractivity contribution in [2.24, 2.45) is 0 Å². The van der Waals surface area contributed by atoms with E-state index in [0.717, 1.165) is 38.8 Å². The maximum absolute atomic E-state index is 12.6. The van der Waals surface area contributed by atoms with Crippen LogP contribution in [-0.4, -0.2) is 57.5 Å². The van der Waals surface area contributed by atoms with Crippen molar-refractivity contribution in [3.63, 3.8) is 0 Å². The van der Waals surface area contributed by atoms with E-state index in [1.54, 1.807) is 0 Å². The number of nitrogens with zero attached hydrogens (tertiary/aromatic N) is 1. The predicted molar refractivity (Wildman–Crippen MR) is 95.1 cm³/mol. The van der Waals surface area contributed by atoms with Crippen molar-refractivity contribution in [3.05, 3.63) is 29.8 Å².